The Balaban J connectivity index is 1.61. The quantitative estimate of drug-likeness (QED) is 0.891. The van der Waals surface area contributed by atoms with Gasteiger partial charge in [-0.1, -0.05) is 36.4 Å². The zero-order valence-corrected chi connectivity index (χ0v) is 12.2. The molecule has 0 aliphatic carbocycles. The van der Waals surface area contributed by atoms with Crippen LogP contribution >= 0.6 is 0 Å². The van der Waals surface area contributed by atoms with Crippen molar-refractivity contribution in [1.82, 2.24) is 5.32 Å². The number of fused-ring (bicyclic) bond motifs is 1. The molecule has 1 fully saturated rings. The number of allylic oxidation sites excluding steroid dienone is 1. The lowest BCUT2D eigenvalue weighted by atomic mass is 9.89. The van der Waals surface area contributed by atoms with Gasteiger partial charge in [0, 0.05) is 5.56 Å². The van der Waals surface area contributed by atoms with E-state index in [1.54, 1.807) is 0 Å². The average Bonchev–Trinajstić information content (AvgIpc) is 3.05. The molecule has 0 saturated carbocycles. The maximum atomic E-state index is 4.77. The Kier molecular flexibility index (Phi) is 3.32. The first-order valence-corrected chi connectivity index (χ1v) is 7.85. The van der Waals surface area contributed by atoms with Gasteiger partial charge in [-0.3, -0.25) is 4.99 Å². The lowest BCUT2D eigenvalue weighted by Gasteiger charge is -2.23. The van der Waals surface area contributed by atoms with E-state index in [0.717, 1.165) is 31.3 Å². The molecule has 2 aromatic rings. The molecule has 2 heterocycles. The minimum atomic E-state index is 0.730. The van der Waals surface area contributed by atoms with E-state index in [9.17, 15) is 0 Å². The largest absolute Gasteiger partial charge is 0.317 e. The van der Waals surface area contributed by atoms with Crippen molar-refractivity contribution in [2.45, 2.75) is 12.8 Å². The summed E-state index contributed by atoms with van der Waals surface area (Å²) in [5, 5.41) is 6.02. The zero-order valence-electron chi connectivity index (χ0n) is 12.2. The summed E-state index contributed by atoms with van der Waals surface area (Å²) < 4.78 is 0. The molecule has 1 saturated heterocycles. The minimum Gasteiger partial charge on any atom is -0.317 e. The summed E-state index contributed by atoms with van der Waals surface area (Å²) in [6.07, 6.45) is 4.85. The molecule has 0 radical (unpaired) electrons. The highest BCUT2D eigenvalue weighted by Crippen LogP contribution is 2.26. The number of benzene rings is 2. The first kappa shape index (κ1) is 12.8. The Morgan fingerprint density at radius 3 is 2.62 bits per heavy atom. The second-order valence-corrected chi connectivity index (χ2v) is 6.01. The summed E-state index contributed by atoms with van der Waals surface area (Å²) in [5.41, 5.74) is 3.94. The molecule has 1 N–H and O–H groups in total. The van der Waals surface area contributed by atoms with Crippen LogP contribution in [-0.4, -0.2) is 25.3 Å². The third-order valence-electron chi connectivity index (χ3n) is 4.66. The lowest BCUT2D eigenvalue weighted by Crippen LogP contribution is -2.28. The average molecular weight is 276 g/mol. The molecule has 0 bridgehead atoms. The number of rotatable bonds is 2. The van der Waals surface area contributed by atoms with E-state index in [1.807, 2.05) is 0 Å². The van der Waals surface area contributed by atoms with E-state index in [2.05, 4.69) is 53.9 Å². The van der Waals surface area contributed by atoms with Crippen LogP contribution in [-0.2, 0) is 0 Å². The predicted molar refractivity (Wildman–Crippen MR) is 89.0 cm³/mol. The van der Waals surface area contributed by atoms with Crippen LogP contribution in [0.1, 0.15) is 18.4 Å². The Hall–Kier alpha value is -1.93. The van der Waals surface area contributed by atoms with Crippen LogP contribution in [0.4, 0.5) is 0 Å². The van der Waals surface area contributed by atoms with Crippen molar-refractivity contribution < 1.29 is 0 Å². The van der Waals surface area contributed by atoms with Crippen LogP contribution < -0.4 is 5.32 Å². The minimum absolute atomic E-state index is 0.730. The fraction of sp³-hybridized carbons (Fsp3) is 0.316. The van der Waals surface area contributed by atoms with E-state index < -0.39 is 0 Å². The van der Waals surface area contributed by atoms with E-state index in [1.165, 1.54) is 34.8 Å². The summed E-state index contributed by atoms with van der Waals surface area (Å²) in [6.45, 7) is 3.19. The fourth-order valence-electron chi connectivity index (χ4n) is 3.41. The van der Waals surface area contributed by atoms with Gasteiger partial charge in [-0.25, -0.2) is 0 Å². The van der Waals surface area contributed by atoms with E-state index >= 15 is 0 Å². The standard InChI is InChI=1S/C19H20N2/c1-2-4-16-11-17(6-5-14(16)3-1)19-12-18(13-21-19)15-7-9-20-10-8-15/h1-6,11-12,15,20H,7-10,13H2. The number of hydrogen-bond acceptors (Lipinski definition) is 2. The Bertz CT molecular complexity index is 721. The summed E-state index contributed by atoms with van der Waals surface area (Å²) in [7, 11) is 0. The molecule has 2 heteroatoms. The molecular weight excluding hydrogens is 256 g/mol. The molecule has 21 heavy (non-hydrogen) atoms. The molecule has 0 amide bonds. The Morgan fingerprint density at radius 2 is 1.76 bits per heavy atom. The third-order valence-corrected chi connectivity index (χ3v) is 4.66. The van der Waals surface area contributed by atoms with Gasteiger partial charge in [0.25, 0.3) is 0 Å². The van der Waals surface area contributed by atoms with Gasteiger partial charge >= 0.3 is 0 Å². The van der Waals surface area contributed by atoms with Crippen molar-refractivity contribution in [2.75, 3.05) is 19.6 Å². The van der Waals surface area contributed by atoms with Gasteiger partial charge in [0.15, 0.2) is 0 Å². The fourth-order valence-corrected chi connectivity index (χ4v) is 3.41. The molecule has 2 aliphatic rings. The van der Waals surface area contributed by atoms with Crippen LogP contribution in [0.15, 0.2) is 59.1 Å². The smallest absolute Gasteiger partial charge is 0.0651 e. The van der Waals surface area contributed by atoms with Crippen molar-refractivity contribution in [3.05, 3.63) is 59.7 Å². The second kappa shape index (κ2) is 5.45. The van der Waals surface area contributed by atoms with Crippen molar-refractivity contribution in [3.63, 3.8) is 0 Å². The maximum absolute atomic E-state index is 4.77. The van der Waals surface area contributed by atoms with Gasteiger partial charge in [-0.15, -0.1) is 0 Å². The van der Waals surface area contributed by atoms with Gasteiger partial charge in [-0.2, -0.15) is 0 Å². The number of aliphatic imine (C=N–C) groups is 1. The number of hydrogen-bond donors (Lipinski definition) is 1. The number of nitrogens with one attached hydrogen (secondary N) is 1. The normalized spacial score (nSPS) is 19.6. The van der Waals surface area contributed by atoms with E-state index in [0.29, 0.717) is 0 Å². The summed E-state index contributed by atoms with van der Waals surface area (Å²) >= 11 is 0. The second-order valence-electron chi connectivity index (χ2n) is 6.01. The van der Waals surface area contributed by atoms with Crippen LogP contribution in [0.3, 0.4) is 0 Å². The monoisotopic (exact) mass is 276 g/mol. The molecule has 106 valence electrons. The number of nitrogens with zero attached hydrogens (tertiary/aromatic N) is 1. The first-order chi connectivity index (χ1) is 10.4. The van der Waals surface area contributed by atoms with Crippen molar-refractivity contribution in [1.29, 1.82) is 0 Å². The van der Waals surface area contributed by atoms with E-state index in [4.69, 9.17) is 4.99 Å². The number of piperidine rings is 1. The van der Waals surface area contributed by atoms with Gasteiger partial charge in [0.1, 0.15) is 0 Å². The first-order valence-electron chi connectivity index (χ1n) is 7.85. The predicted octanol–water partition coefficient (Wildman–Crippen LogP) is 3.57. The summed E-state index contributed by atoms with van der Waals surface area (Å²) in [5.74, 6) is 0.730. The van der Waals surface area contributed by atoms with Crippen molar-refractivity contribution >= 4 is 16.5 Å². The highest BCUT2D eigenvalue weighted by Gasteiger charge is 2.21. The van der Waals surface area contributed by atoms with Crippen LogP contribution in [0, 0.1) is 5.92 Å². The van der Waals surface area contributed by atoms with Gasteiger partial charge in [0.2, 0.25) is 0 Å². The highest BCUT2D eigenvalue weighted by atomic mass is 14.9. The van der Waals surface area contributed by atoms with Crippen LogP contribution in [0.5, 0.6) is 0 Å². The third kappa shape index (κ3) is 2.52. The summed E-state index contributed by atoms with van der Waals surface area (Å²) in [6, 6.07) is 15.2. The molecule has 0 aromatic heterocycles. The topological polar surface area (TPSA) is 24.4 Å². The molecular formula is C19H20N2. The molecule has 4 rings (SSSR count). The van der Waals surface area contributed by atoms with E-state index in [-0.39, 0.29) is 0 Å². The molecule has 0 unspecified atom stereocenters. The molecule has 2 aliphatic heterocycles. The molecule has 0 atom stereocenters. The Labute approximate surface area is 125 Å². The Morgan fingerprint density at radius 1 is 0.952 bits per heavy atom. The molecule has 2 nitrogen and oxygen atoms in total. The summed E-state index contributed by atoms with van der Waals surface area (Å²) in [4.78, 5) is 4.77. The van der Waals surface area contributed by atoms with Crippen LogP contribution in [0.25, 0.3) is 10.8 Å². The molecule has 0 spiro atoms. The van der Waals surface area contributed by atoms with Crippen LogP contribution in [0.2, 0.25) is 0 Å². The maximum Gasteiger partial charge on any atom is 0.0651 e. The van der Waals surface area contributed by atoms with Gasteiger partial charge in [-0.05, 0) is 60.3 Å². The van der Waals surface area contributed by atoms with Crippen molar-refractivity contribution in [3.8, 4) is 0 Å². The van der Waals surface area contributed by atoms with Gasteiger partial charge in [0.05, 0.1) is 12.3 Å². The SMILES string of the molecule is C1=C(C2CCNCC2)CN=C1c1ccc2ccccc2c1. The lowest BCUT2D eigenvalue weighted by molar-refractivity contribution is 0.418. The molecule has 2 aromatic carbocycles. The van der Waals surface area contributed by atoms with Crippen molar-refractivity contribution in [2.24, 2.45) is 10.9 Å². The zero-order chi connectivity index (χ0) is 14.1. The van der Waals surface area contributed by atoms with Gasteiger partial charge < -0.3 is 5.32 Å². The highest BCUT2D eigenvalue weighted by molar-refractivity contribution is 6.12.